The van der Waals surface area contributed by atoms with Crippen LogP contribution in [0.15, 0.2) is 59.6 Å². The van der Waals surface area contributed by atoms with Gasteiger partial charge in [-0.25, -0.2) is 0 Å². The van der Waals surface area contributed by atoms with Crippen molar-refractivity contribution in [3.63, 3.8) is 0 Å². The minimum absolute atomic E-state index is 0.173. The third-order valence-electron chi connectivity index (χ3n) is 4.95. The van der Waals surface area contributed by atoms with Crippen molar-refractivity contribution in [2.24, 2.45) is 4.99 Å². The Morgan fingerprint density at radius 2 is 1.72 bits per heavy atom. The predicted molar refractivity (Wildman–Crippen MR) is 117 cm³/mol. The number of hydrogen-bond acceptors (Lipinski definition) is 4. The maximum Gasteiger partial charge on any atom is 0.252 e. The van der Waals surface area contributed by atoms with E-state index in [0.29, 0.717) is 11.3 Å². The first-order chi connectivity index (χ1) is 14.2. The smallest absolute Gasteiger partial charge is 0.252 e. The van der Waals surface area contributed by atoms with Gasteiger partial charge in [-0.2, -0.15) is 4.99 Å². The highest BCUT2D eigenvalue weighted by Crippen LogP contribution is 2.35. The molecule has 0 unspecified atom stereocenters. The Hall–Kier alpha value is -3.12. The van der Waals surface area contributed by atoms with E-state index in [4.69, 9.17) is 9.47 Å². The molecule has 1 aromatic heterocycles. The molecule has 0 aliphatic heterocycles. The maximum atomic E-state index is 12.8. The number of rotatable bonds is 5. The minimum atomic E-state index is -0.173. The van der Waals surface area contributed by atoms with Crippen molar-refractivity contribution in [1.29, 1.82) is 0 Å². The van der Waals surface area contributed by atoms with Crippen molar-refractivity contribution in [3.8, 4) is 11.5 Å². The first kappa shape index (κ1) is 19.2. The lowest BCUT2D eigenvalue weighted by Gasteiger charge is -2.08. The third kappa shape index (κ3) is 3.51. The standard InChI is InChI=1S/C23H22N2O3S/c1-4-25-21-18(27-2)12-13-19(28-3)22(21)29-23(25)24-20(26)14-16-10-7-9-15-8-5-6-11-17(15)16/h5-13H,4,14H2,1-3H3. The van der Waals surface area contributed by atoms with Gasteiger partial charge in [-0.3, -0.25) is 4.79 Å². The zero-order chi connectivity index (χ0) is 20.4. The highest BCUT2D eigenvalue weighted by Gasteiger charge is 2.16. The Morgan fingerprint density at radius 3 is 2.48 bits per heavy atom. The number of amides is 1. The number of hydrogen-bond donors (Lipinski definition) is 0. The number of carbonyl (C=O) groups is 1. The maximum absolute atomic E-state index is 12.8. The molecule has 29 heavy (non-hydrogen) atoms. The van der Waals surface area contributed by atoms with Crippen LogP contribution in [-0.2, 0) is 17.8 Å². The lowest BCUT2D eigenvalue weighted by molar-refractivity contribution is -0.117. The van der Waals surface area contributed by atoms with Gasteiger partial charge in [0.1, 0.15) is 21.7 Å². The van der Waals surface area contributed by atoms with Gasteiger partial charge in [0.25, 0.3) is 5.91 Å². The molecular weight excluding hydrogens is 384 g/mol. The predicted octanol–water partition coefficient (Wildman–Crippen LogP) is 4.56. The fraction of sp³-hybridized carbons (Fsp3) is 0.217. The second-order valence-corrected chi connectivity index (χ2v) is 7.57. The highest BCUT2D eigenvalue weighted by atomic mass is 32.1. The van der Waals surface area contributed by atoms with Gasteiger partial charge in [0, 0.05) is 6.54 Å². The van der Waals surface area contributed by atoms with Crippen molar-refractivity contribution in [2.75, 3.05) is 14.2 Å². The molecule has 0 saturated carbocycles. The molecule has 4 rings (SSSR count). The highest BCUT2D eigenvalue weighted by molar-refractivity contribution is 7.16. The molecule has 0 aliphatic rings. The Morgan fingerprint density at radius 1 is 1.00 bits per heavy atom. The fourth-order valence-corrected chi connectivity index (χ4v) is 4.81. The van der Waals surface area contributed by atoms with E-state index in [1.807, 2.05) is 54.0 Å². The van der Waals surface area contributed by atoms with Crippen molar-refractivity contribution < 1.29 is 14.3 Å². The lowest BCUT2D eigenvalue weighted by atomic mass is 10.0. The second-order valence-electron chi connectivity index (χ2n) is 6.60. The summed E-state index contributed by atoms with van der Waals surface area (Å²) in [4.78, 5) is 17.9. The second kappa shape index (κ2) is 8.09. The van der Waals surface area contributed by atoms with Crippen molar-refractivity contribution >= 4 is 38.2 Å². The van der Waals surface area contributed by atoms with E-state index in [1.54, 1.807) is 14.2 Å². The van der Waals surface area contributed by atoms with Crippen LogP contribution in [0.5, 0.6) is 11.5 Å². The summed E-state index contributed by atoms with van der Waals surface area (Å²) in [6.45, 7) is 2.70. The first-order valence-corrected chi connectivity index (χ1v) is 10.3. The van der Waals surface area contributed by atoms with Crippen LogP contribution in [-0.4, -0.2) is 24.7 Å². The normalized spacial score (nSPS) is 11.9. The molecule has 1 amide bonds. The van der Waals surface area contributed by atoms with E-state index in [0.717, 1.165) is 38.1 Å². The Kier molecular flexibility index (Phi) is 5.36. The molecule has 3 aromatic carbocycles. The largest absolute Gasteiger partial charge is 0.495 e. The van der Waals surface area contributed by atoms with E-state index in [1.165, 1.54) is 11.3 Å². The number of nitrogens with zero attached hydrogens (tertiary/aromatic N) is 2. The fourth-order valence-electron chi connectivity index (χ4n) is 3.59. The number of benzene rings is 3. The first-order valence-electron chi connectivity index (χ1n) is 9.44. The lowest BCUT2D eigenvalue weighted by Crippen LogP contribution is -2.17. The van der Waals surface area contributed by atoms with Crippen LogP contribution >= 0.6 is 11.3 Å². The molecule has 148 valence electrons. The summed E-state index contributed by atoms with van der Waals surface area (Å²) in [5.74, 6) is 1.31. The number of carbonyl (C=O) groups excluding carboxylic acids is 1. The summed E-state index contributed by atoms with van der Waals surface area (Å²) in [5, 5.41) is 2.21. The Balaban J connectivity index is 1.80. The summed E-state index contributed by atoms with van der Waals surface area (Å²) >= 11 is 1.44. The molecule has 0 aliphatic carbocycles. The monoisotopic (exact) mass is 406 g/mol. The zero-order valence-electron chi connectivity index (χ0n) is 16.6. The van der Waals surface area contributed by atoms with Crippen LogP contribution in [0.4, 0.5) is 0 Å². The van der Waals surface area contributed by atoms with E-state index in [-0.39, 0.29) is 12.3 Å². The molecule has 6 heteroatoms. The number of aromatic nitrogens is 1. The third-order valence-corrected chi connectivity index (χ3v) is 6.04. The summed E-state index contributed by atoms with van der Waals surface area (Å²) in [6.07, 6.45) is 0.258. The van der Waals surface area contributed by atoms with E-state index >= 15 is 0 Å². The van der Waals surface area contributed by atoms with Gasteiger partial charge >= 0.3 is 0 Å². The number of aryl methyl sites for hydroxylation is 1. The molecule has 5 nitrogen and oxygen atoms in total. The number of ether oxygens (including phenoxy) is 2. The van der Waals surface area contributed by atoms with Gasteiger partial charge in [0.15, 0.2) is 4.80 Å². The van der Waals surface area contributed by atoms with Gasteiger partial charge in [0.05, 0.1) is 20.6 Å². The summed E-state index contributed by atoms with van der Waals surface area (Å²) < 4.78 is 14.0. The van der Waals surface area contributed by atoms with Gasteiger partial charge in [-0.1, -0.05) is 53.8 Å². The van der Waals surface area contributed by atoms with Crippen LogP contribution in [0, 0.1) is 0 Å². The SMILES string of the molecule is CCn1c(=NC(=O)Cc2cccc3ccccc23)sc2c(OC)ccc(OC)c21. The van der Waals surface area contributed by atoms with Crippen LogP contribution in [0.25, 0.3) is 21.0 Å². The number of thiazole rings is 1. The summed E-state index contributed by atoms with van der Waals surface area (Å²) in [5.41, 5.74) is 1.88. The number of fused-ring (bicyclic) bond motifs is 2. The van der Waals surface area contributed by atoms with Crippen LogP contribution < -0.4 is 14.3 Å². The summed E-state index contributed by atoms with van der Waals surface area (Å²) in [7, 11) is 3.28. The molecule has 1 heterocycles. The molecule has 0 spiro atoms. The van der Waals surface area contributed by atoms with E-state index in [9.17, 15) is 4.79 Å². The van der Waals surface area contributed by atoms with Crippen molar-refractivity contribution in [2.45, 2.75) is 19.9 Å². The van der Waals surface area contributed by atoms with Gasteiger partial charge in [-0.05, 0) is 35.4 Å². The van der Waals surface area contributed by atoms with Gasteiger partial charge < -0.3 is 14.0 Å². The minimum Gasteiger partial charge on any atom is -0.495 e. The Labute approximate surface area is 172 Å². The summed E-state index contributed by atoms with van der Waals surface area (Å²) in [6, 6.07) is 17.9. The quantitative estimate of drug-likeness (QED) is 0.488. The average molecular weight is 407 g/mol. The molecule has 0 N–H and O–H groups in total. The van der Waals surface area contributed by atoms with Crippen LogP contribution in [0.2, 0.25) is 0 Å². The van der Waals surface area contributed by atoms with E-state index in [2.05, 4.69) is 17.1 Å². The van der Waals surface area contributed by atoms with Crippen LogP contribution in [0.3, 0.4) is 0 Å². The van der Waals surface area contributed by atoms with E-state index < -0.39 is 0 Å². The number of methoxy groups -OCH3 is 2. The van der Waals surface area contributed by atoms with Crippen molar-refractivity contribution in [3.05, 3.63) is 65.0 Å². The topological polar surface area (TPSA) is 52.8 Å². The molecule has 0 bridgehead atoms. The zero-order valence-corrected chi connectivity index (χ0v) is 17.5. The molecule has 0 saturated heterocycles. The molecule has 0 atom stereocenters. The Bertz CT molecular complexity index is 1270. The molecule has 0 fully saturated rings. The molecule has 4 aromatic rings. The molecule has 0 radical (unpaired) electrons. The molecular formula is C23H22N2O3S. The average Bonchev–Trinajstić information content (AvgIpc) is 3.11. The van der Waals surface area contributed by atoms with Crippen molar-refractivity contribution in [1.82, 2.24) is 4.57 Å². The van der Waals surface area contributed by atoms with Gasteiger partial charge in [-0.15, -0.1) is 0 Å². The van der Waals surface area contributed by atoms with Gasteiger partial charge in [0.2, 0.25) is 0 Å². The van der Waals surface area contributed by atoms with Crippen LogP contribution in [0.1, 0.15) is 12.5 Å².